The van der Waals surface area contributed by atoms with Gasteiger partial charge in [0, 0.05) is 6.04 Å². The molecule has 0 saturated carbocycles. The van der Waals surface area contributed by atoms with Gasteiger partial charge >= 0.3 is 0 Å². The number of hydrogen-bond donors (Lipinski definition) is 1. The molecular formula is C12H17F2NO. The van der Waals surface area contributed by atoms with Crippen LogP contribution in [0, 0.1) is 0 Å². The Bertz CT molecular complexity index is 305. The normalized spacial score (nSPS) is 15.4. The van der Waals surface area contributed by atoms with E-state index < -0.39 is 12.5 Å². The van der Waals surface area contributed by atoms with Gasteiger partial charge in [0.25, 0.3) is 6.43 Å². The summed E-state index contributed by atoms with van der Waals surface area (Å²) in [5.74, 6) is 0. The van der Waals surface area contributed by atoms with Gasteiger partial charge in [0.05, 0.1) is 12.6 Å². The SMILES string of the molecule is CC(C(O)c1ccccc1)N(C)CC(F)F. The molecule has 0 amide bonds. The third kappa shape index (κ3) is 3.54. The van der Waals surface area contributed by atoms with Gasteiger partial charge in [-0.25, -0.2) is 8.78 Å². The molecule has 2 atom stereocenters. The van der Waals surface area contributed by atoms with Gasteiger partial charge in [0.1, 0.15) is 0 Å². The molecular weight excluding hydrogens is 212 g/mol. The molecule has 2 unspecified atom stereocenters. The minimum Gasteiger partial charge on any atom is -0.387 e. The zero-order valence-corrected chi connectivity index (χ0v) is 9.48. The van der Waals surface area contributed by atoms with Gasteiger partial charge in [-0.15, -0.1) is 0 Å². The fourth-order valence-corrected chi connectivity index (χ4v) is 1.55. The van der Waals surface area contributed by atoms with Gasteiger partial charge < -0.3 is 5.11 Å². The first-order chi connectivity index (χ1) is 7.52. The van der Waals surface area contributed by atoms with Crippen LogP contribution in [-0.2, 0) is 0 Å². The fourth-order valence-electron chi connectivity index (χ4n) is 1.55. The first-order valence-electron chi connectivity index (χ1n) is 5.23. The average Bonchev–Trinajstić information content (AvgIpc) is 2.27. The van der Waals surface area contributed by atoms with Crippen LogP contribution >= 0.6 is 0 Å². The molecule has 1 aromatic carbocycles. The molecule has 2 nitrogen and oxygen atoms in total. The highest BCUT2D eigenvalue weighted by Crippen LogP contribution is 2.20. The van der Waals surface area contributed by atoms with Crippen LogP contribution < -0.4 is 0 Å². The van der Waals surface area contributed by atoms with Crippen molar-refractivity contribution in [1.82, 2.24) is 4.90 Å². The molecule has 0 saturated heterocycles. The zero-order valence-electron chi connectivity index (χ0n) is 9.48. The van der Waals surface area contributed by atoms with E-state index in [0.717, 1.165) is 5.56 Å². The summed E-state index contributed by atoms with van der Waals surface area (Å²) in [5.41, 5.74) is 0.746. The van der Waals surface area contributed by atoms with Crippen molar-refractivity contribution in [3.63, 3.8) is 0 Å². The van der Waals surface area contributed by atoms with E-state index in [9.17, 15) is 13.9 Å². The maximum absolute atomic E-state index is 12.2. The summed E-state index contributed by atoms with van der Waals surface area (Å²) in [6, 6.07) is 8.73. The molecule has 1 rings (SSSR count). The molecule has 0 aliphatic carbocycles. The third-order valence-corrected chi connectivity index (χ3v) is 2.72. The molecule has 90 valence electrons. The molecule has 0 aliphatic rings. The Labute approximate surface area is 94.5 Å². The highest BCUT2D eigenvalue weighted by atomic mass is 19.3. The molecule has 1 aromatic rings. The van der Waals surface area contributed by atoms with Crippen molar-refractivity contribution in [3.8, 4) is 0 Å². The Morgan fingerprint density at radius 3 is 2.31 bits per heavy atom. The van der Waals surface area contributed by atoms with E-state index in [1.54, 1.807) is 26.1 Å². The van der Waals surface area contributed by atoms with Crippen molar-refractivity contribution in [2.75, 3.05) is 13.6 Å². The van der Waals surface area contributed by atoms with Crippen LogP contribution in [0.5, 0.6) is 0 Å². The van der Waals surface area contributed by atoms with Crippen LogP contribution in [0.4, 0.5) is 8.78 Å². The second-order valence-electron chi connectivity index (χ2n) is 3.93. The molecule has 0 fully saturated rings. The quantitative estimate of drug-likeness (QED) is 0.837. The number of hydrogen-bond acceptors (Lipinski definition) is 2. The molecule has 0 aliphatic heterocycles. The molecule has 0 aromatic heterocycles. The number of aliphatic hydroxyl groups excluding tert-OH is 1. The molecule has 0 heterocycles. The Morgan fingerprint density at radius 1 is 1.25 bits per heavy atom. The lowest BCUT2D eigenvalue weighted by Crippen LogP contribution is -2.37. The van der Waals surface area contributed by atoms with Crippen molar-refractivity contribution in [1.29, 1.82) is 0 Å². The molecule has 16 heavy (non-hydrogen) atoms. The van der Waals surface area contributed by atoms with E-state index in [0.29, 0.717) is 0 Å². The van der Waals surface area contributed by atoms with Crippen molar-refractivity contribution in [2.45, 2.75) is 25.5 Å². The summed E-state index contributed by atoms with van der Waals surface area (Å²) in [6.45, 7) is 1.41. The van der Waals surface area contributed by atoms with E-state index in [1.165, 1.54) is 4.90 Å². The summed E-state index contributed by atoms with van der Waals surface area (Å²) in [5, 5.41) is 9.99. The lowest BCUT2D eigenvalue weighted by Gasteiger charge is -2.28. The van der Waals surface area contributed by atoms with Gasteiger partial charge in [0.2, 0.25) is 0 Å². The summed E-state index contributed by atoms with van der Waals surface area (Å²) < 4.78 is 24.4. The number of halogens is 2. The summed E-state index contributed by atoms with van der Waals surface area (Å²) in [6.07, 6.45) is -3.12. The summed E-state index contributed by atoms with van der Waals surface area (Å²) >= 11 is 0. The zero-order chi connectivity index (χ0) is 12.1. The number of benzene rings is 1. The van der Waals surface area contributed by atoms with Crippen molar-refractivity contribution >= 4 is 0 Å². The topological polar surface area (TPSA) is 23.5 Å². The molecule has 1 N–H and O–H groups in total. The minimum atomic E-state index is -2.38. The van der Waals surface area contributed by atoms with Crippen LogP contribution in [0.3, 0.4) is 0 Å². The highest BCUT2D eigenvalue weighted by Gasteiger charge is 2.22. The van der Waals surface area contributed by atoms with Gasteiger partial charge in [0.15, 0.2) is 0 Å². The lowest BCUT2D eigenvalue weighted by atomic mass is 10.0. The van der Waals surface area contributed by atoms with Crippen molar-refractivity contribution in [3.05, 3.63) is 35.9 Å². The summed E-state index contributed by atoms with van der Waals surface area (Å²) in [4.78, 5) is 1.46. The minimum absolute atomic E-state index is 0.328. The van der Waals surface area contributed by atoms with Crippen LogP contribution in [0.25, 0.3) is 0 Å². The first kappa shape index (κ1) is 13.1. The average molecular weight is 229 g/mol. The Balaban J connectivity index is 2.63. The number of nitrogens with zero attached hydrogens (tertiary/aromatic N) is 1. The first-order valence-corrected chi connectivity index (χ1v) is 5.23. The van der Waals surface area contributed by atoms with Crippen LogP contribution in [0.1, 0.15) is 18.6 Å². The Kier molecular flexibility index (Phi) is 4.83. The molecule has 0 bridgehead atoms. The van der Waals surface area contributed by atoms with Crippen LogP contribution in [-0.4, -0.2) is 36.1 Å². The predicted molar refractivity (Wildman–Crippen MR) is 59.5 cm³/mol. The van der Waals surface area contributed by atoms with E-state index in [-0.39, 0.29) is 12.6 Å². The van der Waals surface area contributed by atoms with Crippen molar-refractivity contribution in [2.24, 2.45) is 0 Å². The Hall–Kier alpha value is -1.00. The second-order valence-corrected chi connectivity index (χ2v) is 3.93. The summed E-state index contributed by atoms with van der Waals surface area (Å²) in [7, 11) is 1.59. The molecule has 0 radical (unpaired) electrons. The van der Waals surface area contributed by atoms with Gasteiger partial charge in [-0.3, -0.25) is 4.90 Å². The van der Waals surface area contributed by atoms with Gasteiger partial charge in [-0.1, -0.05) is 30.3 Å². The standard InChI is InChI=1S/C12H17F2NO/c1-9(15(2)8-11(13)14)12(16)10-6-4-3-5-7-10/h3-7,9,11-12,16H,8H2,1-2H3. The lowest BCUT2D eigenvalue weighted by molar-refractivity contribution is 0.0311. The maximum atomic E-state index is 12.2. The molecule has 4 heteroatoms. The van der Waals surface area contributed by atoms with Crippen molar-refractivity contribution < 1.29 is 13.9 Å². The highest BCUT2D eigenvalue weighted by molar-refractivity contribution is 5.18. The predicted octanol–water partition coefficient (Wildman–Crippen LogP) is 2.31. The van der Waals surface area contributed by atoms with Crippen LogP contribution in [0.2, 0.25) is 0 Å². The number of alkyl halides is 2. The fraction of sp³-hybridized carbons (Fsp3) is 0.500. The van der Waals surface area contributed by atoms with Gasteiger partial charge in [-0.2, -0.15) is 0 Å². The number of likely N-dealkylation sites (N-methyl/N-ethyl adjacent to an activating group) is 1. The smallest absolute Gasteiger partial charge is 0.251 e. The monoisotopic (exact) mass is 229 g/mol. The maximum Gasteiger partial charge on any atom is 0.251 e. The van der Waals surface area contributed by atoms with Gasteiger partial charge in [-0.05, 0) is 19.5 Å². The van der Waals surface area contributed by atoms with E-state index >= 15 is 0 Å². The van der Waals surface area contributed by atoms with E-state index in [1.807, 2.05) is 18.2 Å². The largest absolute Gasteiger partial charge is 0.387 e. The number of aliphatic hydroxyl groups is 1. The van der Waals surface area contributed by atoms with E-state index in [2.05, 4.69) is 0 Å². The second kappa shape index (κ2) is 5.92. The molecule has 0 spiro atoms. The third-order valence-electron chi connectivity index (χ3n) is 2.72. The number of rotatable bonds is 5. The van der Waals surface area contributed by atoms with Crippen LogP contribution in [0.15, 0.2) is 30.3 Å². The Morgan fingerprint density at radius 2 is 1.81 bits per heavy atom. The van der Waals surface area contributed by atoms with E-state index in [4.69, 9.17) is 0 Å².